The molecule has 3 N–H and O–H groups in total. The molecule has 20 heavy (non-hydrogen) atoms. The highest BCUT2D eigenvalue weighted by Crippen LogP contribution is 2.30. The van der Waals surface area contributed by atoms with Crippen LogP contribution in [0.4, 0.5) is 19.1 Å². The van der Waals surface area contributed by atoms with Gasteiger partial charge in [-0.25, -0.2) is 9.97 Å². The minimum Gasteiger partial charge on any atom is -0.353 e. The highest BCUT2D eigenvalue weighted by atomic mass is 19.4. The SMILES string of the molecule is NCCNc1nc(-c2ccccn2)cc(C(F)(F)F)n1. The van der Waals surface area contributed by atoms with Crippen LogP contribution in [0.3, 0.4) is 0 Å². The molecule has 2 aromatic rings. The predicted molar refractivity (Wildman–Crippen MR) is 67.8 cm³/mol. The smallest absolute Gasteiger partial charge is 0.353 e. The van der Waals surface area contributed by atoms with Crippen molar-refractivity contribution in [3.05, 3.63) is 36.2 Å². The molecule has 106 valence electrons. The lowest BCUT2D eigenvalue weighted by Crippen LogP contribution is -2.17. The summed E-state index contributed by atoms with van der Waals surface area (Å²) in [6.45, 7) is 0.543. The lowest BCUT2D eigenvalue weighted by atomic mass is 10.2. The number of hydrogen-bond acceptors (Lipinski definition) is 5. The van der Waals surface area contributed by atoms with Crippen LogP contribution >= 0.6 is 0 Å². The number of nitrogens with one attached hydrogen (secondary N) is 1. The summed E-state index contributed by atoms with van der Waals surface area (Å²) in [4.78, 5) is 11.4. The van der Waals surface area contributed by atoms with Crippen LogP contribution in [-0.2, 0) is 6.18 Å². The molecule has 0 spiro atoms. The van der Waals surface area contributed by atoms with Gasteiger partial charge in [-0.05, 0) is 18.2 Å². The van der Waals surface area contributed by atoms with Crippen LogP contribution < -0.4 is 11.1 Å². The maximum absolute atomic E-state index is 12.8. The van der Waals surface area contributed by atoms with Gasteiger partial charge in [0.05, 0.1) is 11.4 Å². The second-order valence-electron chi connectivity index (χ2n) is 3.89. The molecule has 0 amide bonds. The molecule has 5 nitrogen and oxygen atoms in total. The standard InChI is InChI=1S/C12H12F3N5/c13-12(14,15)10-7-9(8-3-1-2-5-17-8)19-11(20-10)18-6-4-16/h1-3,5,7H,4,6,16H2,(H,18,19,20). The Hall–Kier alpha value is -2.22. The van der Waals surface area contributed by atoms with Crippen LogP contribution in [0.2, 0.25) is 0 Å². The van der Waals surface area contributed by atoms with Gasteiger partial charge in [-0.3, -0.25) is 4.98 Å². The summed E-state index contributed by atoms with van der Waals surface area (Å²) in [5, 5.41) is 2.64. The van der Waals surface area contributed by atoms with Gasteiger partial charge in [0.15, 0.2) is 5.69 Å². The van der Waals surface area contributed by atoms with E-state index in [0.717, 1.165) is 6.07 Å². The quantitative estimate of drug-likeness (QED) is 0.896. The van der Waals surface area contributed by atoms with Gasteiger partial charge in [0.25, 0.3) is 0 Å². The molecule has 8 heteroatoms. The minimum atomic E-state index is -4.55. The van der Waals surface area contributed by atoms with E-state index < -0.39 is 11.9 Å². The third-order valence-electron chi connectivity index (χ3n) is 2.37. The normalized spacial score (nSPS) is 11.4. The fraction of sp³-hybridized carbons (Fsp3) is 0.250. The van der Waals surface area contributed by atoms with Crippen LogP contribution in [0.1, 0.15) is 5.69 Å². The Balaban J connectivity index is 2.46. The first-order chi connectivity index (χ1) is 9.50. The first-order valence-electron chi connectivity index (χ1n) is 5.82. The molecule has 0 unspecified atom stereocenters. The Kier molecular flexibility index (Phi) is 4.14. The predicted octanol–water partition coefficient (Wildman–Crippen LogP) is 1.93. The molecule has 0 aliphatic heterocycles. The largest absolute Gasteiger partial charge is 0.433 e. The molecule has 0 atom stereocenters. The van der Waals surface area contributed by atoms with Gasteiger partial charge in [-0.2, -0.15) is 13.2 Å². The summed E-state index contributed by atoms with van der Waals surface area (Å²) in [6.07, 6.45) is -3.07. The van der Waals surface area contributed by atoms with Crippen LogP contribution in [0.5, 0.6) is 0 Å². The highest BCUT2D eigenvalue weighted by Gasteiger charge is 2.33. The second kappa shape index (κ2) is 5.83. The monoisotopic (exact) mass is 283 g/mol. The molecule has 0 saturated heterocycles. The van der Waals surface area contributed by atoms with E-state index in [9.17, 15) is 13.2 Å². The van der Waals surface area contributed by atoms with Crippen molar-refractivity contribution in [3.8, 4) is 11.4 Å². The third-order valence-corrected chi connectivity index (χ3v) is 2.37. The summed E-state index contributed by atoms with van der Waals surface area (Å²) >= 11 is 0. The minimum absolute atomic E-state index is 0.104. The number of aromatic nitrogens is 3. The number of hydrogen-bond donors (Lipinski definition) is 2. The molecule has 0 saturated carbocycles. The van der Waals surface area contributed by atoms with E-state index in [0.29, 0.717) is 5.69 Å². The fourth-order valence-corrected chi connectivity index (χ4v) is 1.50. The molecular weight excluding hydrogens is 271 g/mol. The van der Waals surface area contributed by atoms with Crippen molar-refractivity contribution in [1.82, 2.24) is 15.0 Å². The van der Waals surface area contributed by atoms with Crippen molar-refractivity contribution in [3.63, 3.8) is 0 Å². The Morgan fingerprint density at radius 3 is 2.55 bits per heavy atom. The zero-order valence-electron chi connectivity index (χ0n) is 10.4. The zero-order chi connectivity index (χ0) is 14.6. The number of halogens is 3. The van der Waals surface area contributed by atoms with Gasteiger partial charge in [0.2, 0.25) is 5.95 Å². The summed E-state index contributed by atoms with van der Waals surface area (Å²) in [5.41, 5.74) is 4.72. The molecule has 0 aliphatic carbocycles. The van der Waals surface area contributed by atoms with Crippen molar-refractivity contribution >= 4 is 5.95 Å². The Morgan fingerprint density at radius 2 is 1.95 bits per heavy atom. The summed E-state index contributed by atoms with van der Waals surface area (Å²) in [6, 6.07) is 5.79. The zero-order valence-corrected chi connectivity index (χ0v) is 10.4. The van der Waals surface area contributed by atoms with Gasteiger partial charge in [-0.1, -0.05) is 6.07 Å². The Bertz CT molecular complexity index is 571. The maximum Gasteiger partial charge on any atom is 0.433 e. The molecule has 0 bridgehead atoms. The summed E-state index contributed by atoms with van der Waals surface area (Å²) in [5.74, 6) is -0.120. The number of alkyl halides is 3. The van der Waals surface area contributed by atoms with E-state index in [1.807, 2.05) is 0 Å². The van der Waals surface area contributed by atoms with Gasteiger partial charge in [0, 0.05) is 19.3 Å². The molecule has 2 aromatic heterocycles. The molecule has 0 fully saturated rings. The van der Waals surface area contributed by atoms with E-state index in [-0.39, 0.29) is 24.7 Å². The van der Waals surface area contributed by atoms with Crippen molar-refractivity contribution < 1.29 is 13.2 Å². The average Bonchev–Trinajstić information content (AvgIpc) is 2.45. The van der Waals surface area contributed by atoms with Gasteiger partial charge in [0.1, 0.15) is 0 Å². The molecule has 2 heterocycles. The van der Waals surface area contributed by atoms with E-state index in [2.05, 4.69) is 20.3 Å². The van der Waals surface area contributed by atoms with Gasteiger partial charge >= 0.3 is 6.18 Å². The lowest BCUT2D eigenvalue weighted by molar-refractivity contribution is -0.141. The number of nitrogens with zero attached hydrogens (tertiary/aromatic N) is 3. The Labute approximate surface area is 113 Å². The van der Waals surface area contributed by atoms with E-state index >= 15 is 0 Å². The van der Waals surface area contributed by atoms with E-state index in [4.69, 9.17) is 5.73 Å². The lowest BCUT2D eigenvalue weighted by Gasteiger charge is -2.11. The van der Waals surface area contributed by atoms with Crippen LogP contribution in [0.15, 0.2) is 30.5 Å². The first kappa shape index (κ1) is 14.2. The molecule has 0 radical (unpaired) electrons. The fourth-order valence-electron chi connectivity index (χ4n) is 1.50. The summed E-state index contributed by atoms with van der Waals surface area (Å²) in [7, 11) is 0. The average molecular weight is 283 g/mol. The van der Waals surface area contributed by atoms with Crippen molar-refractivity contribution in [1.29, 1.82) is 0 Å². The summed E-state index contributed by atoms with van der Waals surface area (Å²) < 4.78 is 38.5. The van der Waals surface area contributed by atoms with Crippen LogP contribution in [0, 0.1) is 0 Å². The van der Waals surface area contributed by atoms with Crippen LogP contribution in [0.25, 0.3) is 11.4 Å². The van der Waals surface area contributed by atoms with E-state index in [1.54, 1.807) is 18.2 Å². The van der Waals surface area contributed by atoms with Crippen LogP contribution in [-0.4, -0.2) is 28.0 Å². The number of rotatable bonds is 4. The van der Waals surface area contributed by atoms with E-state index in [1.165, 1.54) is 6.20 Å². The maximum atomic E-state index is 12.8. The topological polar surface area (TPSA) is 76.7 Å². The van der Waals surface area contributed by atoms with Crippen molar-refractivity contribution in [2.24, 2.45) is 5.73 Å². The number of nitrogens with two attached hydrogens (primary N) is 1. The molecular formula is C12H12F3N5. The van der Waals surface area contributed by atoms with Crippen molar-refractivity contribution in [2.45, 2.75) is 6.18 Å². The molecule has 0 aromatic carbocycles. The van der Waals surface area contributed by atoms with Gasteiger partial charge < -0.3 is 11.1 Å². The molecule has 2 rings (SSSR count). The molecule has 0 aliphatic rings. The van der Waals surface area contributed by atoms with Crippen molar-refractivity contribution in [2.75, 3.05) is 18.4 Å². The third kappa shape index (κ3) is 3.41. The van der Waals surface area contributed by atoms with Gasteiger partial charge in [-0.15, -0.1) is 0 Å². The number of anilines is 1. The second-order valence-corrected chi connectivity index (χ2v) is 3.89. The Morgan fingerprint density at radius 1 is 1.15 bits per heavy atom. The highest BCUT2D eigenvalue weighted by molar-refractivity contribution is 5.56. The number of pyridine rings is 1. The first-order valence-corrected chi connectivity index (χ1v) is 5.82.